The number of rotatable bonds is 3. The van der Waals surface area contributed by atoms with E-state index in [1.54, 1.807) is 16.9 Å². The molecular formula is C26H35N3O3. The van der Waals surface area contributed by atoms with Gasteiger partial charge in [0.25, 0.3) is 0 Å². The molecule has 172 valence electrons. The molecule has 5 fully saturated rings. The van der Waals surface area contributed by atoms with Crippen LogP contribution in [0, 0.1) is 51.8 Å². The molecule has 1 saturated heterocycles. The average molecular weight is 438 g/mol. The van der Waals surface area contributed by atoms with Gasteiger partial charge in [0.05, 0.1) is 24.9 Å². The summed E-state index contributed by atoms with van der Waals surface area (Å²) in [6, 6.07) is 3.72. The highest BCUT2D eigenvalue weighted by Crippen LogP contribution is 2.70. The van der Waals surface area contributed by atoms with Crippen molar-refractivity contribution in [2.75, 3.05) is 6.61 Å². The molecule has 4 aliphatic carbocycles. The maximum atomic E-state index is 13.4. The number of nitriles is 1. The van der Waals surface area contributed by atoms with E-state index < -0.39 is 5.60 Å². The van der Waals surface area contributed by atoms with Crippen LogP contribution in [0.2, 0.25) is 0 Å². The number of ketones is 1. The van der Waals surface area contributed by atoms with E-state index in [0.717, 1.165) is 51.6 Å². The number of ether oxygens (including phenoxy) is 1. The lowest BCUT2D eigenvalue weighted by atomic mass is 9.44. The van der Waals surface area contributed by atoms with Crippen LogP contribution in [0.25, 0.3) is 0 Å². The van der Waals surface area contributed by atoms with Crippen LogP contribution in [-0.4, -0.2) is 39.0 Å². The summed E-state index contributed by atoms with van der Waals surface area (Å²) < 4.78 is 8.07. The molecule has 32 heavy (non-hydrogen) atoms. The molecule has 2 heterocycles. The van der Waals surface area contributed by atoms with Crippen molar-refractivity contribution in [3.05, 3.63) is 18.0 Å². The van der Waals surface area contributed by atoms with Gasteiger partial charge in [0.2, 0.25) is 0 Å². The fourth-order valence-electron chi connectivity index (χ4n) is 9.23. The predicted octanol–water partition coefficient (Wildman–Crippen LogP) is 3.72. The Morgan fingerprint density at radius 2 is 2.09 bits per heavy atom. The van der Waals surface area contributed by atoms with Crippen LogP contribution in [-0.2, 0) is 16.1 Å². The number of Topliss-reactive ketones (excluding diaryl/α,β-unsaturated/α-hetero) is 1. The first kappa shape index (κ1) is 20.9. The van der Waals surface area contributed by atoms with Gasteiger partial charge in [-0.3, -0.25) is 9.48 Å². The quantitative estimate of drug-likeness (QED) is 0.779. The lowest BCUT2D eigenvalue weighted by Crippen LogP contribution is -2.58. The third-order valence-corrected chi connectivity index (χ3v) is 10.7. The number of carbonyl (C=O) groups excluding carboxylic acids is 1. The molecule has 1 N–H and O–H groups in total. The Kier molecular flexibility index (Phi) is 4.50. The second-order valence-corrected chi connectivity index (χ2v) is 12.2. The largest absolute Gasteiger partial charge is 0.390 e. The molecule has 1 aliphatic heterocycles. The van der Waals surface area contributed by atoms with Crippen molar-refractivity contribution in [1.29, 1.82) is 5.26 Å². The molecule has 6 heteroatoms. The van der Waals surface area contributed by atoms with Crippen LogP contribution >= 0.6 is 0 Å². The lowest BCUT2D eigenvalue weighted by Gasteiger charge is -2.60. The monoisotopic (exact) mass is 437 g/mol. The Hall–Kier alpha value is -1.71. The number of aromatic nitrogens is 2. The second kappa shape index (κ2) is 6.90. The normalized spacial score (nSPS) is 49.1. The molecule has 1 aromatic rings. The molecule has 9 atom stereocenters. The summed E-state index contributed by atoms with van der Waals surface area (Å²) in [6.45, 7) is 5.54. The summed E-state index contributed by atoms with van der Waals surface area (Å²) in [6.07, 6.45) is 10.4. The summed E-state index contributed by atoms with van der Waals surface area (Å²) in [5.41, 5.74) is 0.139. The van der Waals surface area contributed by atoms with Crippen LogP contribution in [0.5, 0.6) is 0 Å². The molecule has 6 rings (SSSR count). The summed E-state index contributed by atoms with van der Waals surface area (Å²) in [5.74, 6) is 2.79. The van der Waals surface area contributed by atoms with Crippen molar-refractivity contribution in [1.82, 2.24) is 9.78 Å². The van der Waals surface area contributed by atoms with E-state index in [9.17, 15) is 9.90 Å². The maximum Gasteiger partial charge on any atom is 0.162 e. The molecular weight excluding hydrogens is 402 g/mol. The minimum absolute atomic E-state index is 0.0620. The van der Waals surface area contributed by atoms with E-state index >= 15 is 0 Å². The van der Waals surface area contributed by atoms with Crippen LogP contribution < -0.4 is 0 Å². The van der Waals surface area contributed by atoms with E-state index in [0.29, 0.717) is 29.4 Å². The predicted molar refractivity (Wildman–Crippen MR) is 117 cm³/mol. The minimum atomic E-state index is -0.543. The van der Waals surface area contributed by atoms with Gasteiger partial charge in [0, 0.05) is 17.5 Å². The Labute approximate surface area is 190 Å². The highest BCUT2D eigenvalue weighted by molar-refractivity contribution is 5.82. The maximum absolute atomic E-state index is 13.4. The second-order valence-electron chi connectivity index (χ2n) is 12.2. The molecule has 0 amide bonds. The van der Waals surface area contributed by atoms with Crippen molar-refractivity contribution in [2.45, 2.75) is 83.5 Å². The van der Waals surface area contributed by atoms with Crippen molar-refractivity contribution < 1.29 is 14.6 Å². The van der Waals surface area contributed by atoms with Crippen molar-refractivity contribution >= 4 is 5.78 Å². The van der Waals surface area contributed by atoms with Gasteiger partial charge < -0.3 is 9.84 Å². The standard InChI is InChI=1S/C26H35N3O3/c1-24(31)8-9-26-15-32-23(21(26)12-24)11-17-18-3-4-20(25(18,2)7-5-19(17)26)22(30)14-29-10-6-16(13-27)28-29/h6,10,17-21,23,31H,3-5,7-9,11-12,14-15H2,1-2H3/t17-,18-,19?,20+,21?,23+,24+,25-,26-/m0/s1. The van der Waals surface area contributed by atoms with E-state index in [1.165, 1.54) is 6.42 Å². The fourth-order valence-corrected chi connectivity index (χ4v) is 9.23. The number of hydrogen-bond acceptors (Lipinski definition) is 5. The molecule has 0 radical (unpaired) electrons. The number of hydrogen-bond donors (Lipinski definition) is 1. The van der Waals surface area contributed by atoms with Crippen LogP contribution in [0.1, 0.15) is 70.9 Å². The number of nitrogens with zero attached hydrogens (tertiary/aromatic N) is 3. The van der Waals surface area contributed by atoms with Crippen molar-refractivity contribution in [3.8, 4) is 6.07 Å². The molecule has 5 aliphatic rings. The molecule has 0 spiro atoms. The zero-order chi connectivity index (χ0) is 22.3. The molecule has 4 saturated carbocycles. The SMILES string of the molecule is C[C@@]1(O)CC[C@]23CO[C@H](C[C@@H]4C2CC[C@]2(C)[C@@H](C(=O)Cn5ccc(C#N)n5)CC[C@@H]42)C3C1. The Morgan fingerprint density at radius 1 is 1.25 bits per heavy atom. The first-order valence-electron chi connectivity index (χ1n) is 12.6. The van der Waals surface area contributed by atoms with Gasteiger partial charge in [0.1, 0.15) is 6.07 Å². The Morgan fingerprint density at radius 3 is 2.88 bits per heavy atom. The van der Waals surface area contributed by atoms with Crippen LogP contribution in [0.4, 0.5) is 0 Å². The van der Waals surface area contributed by atoms with Gasteiger partial charge >= 0.3 is 0 Å². The first-order valence-corrected chi connectivity index (χ1v) is 12.6. The highest BCUT2D eigenvalue weighted by atomic mass is 16.5. The van der Waals surface area contributed by atoms with E-state index in [1.807, 2.05) is 13.0 Å². The number of aliphatic hydroxyl groups is 1. The smallest absolute Gasteiger partial charge is 0.162 e. The van der Waals surface area contributed by atoms with Crippen molar-refractivity contribution in [2.24, 2.45) is 40.4 Å². The summed E-state index contributed by atoms with van der Waals surface area (Å²) in [4.78, 5) is 13.4. The van der Waals surface area contributed by atoms with Gasteiger partial charge in [-0.05, 0) is 93.4 Å². The van der Waals surface area contributed by atoms with Crippen molar-refractivity contribution in [3.63, 3.8) is 0 Å². The van der Waals surface area contributed by atoms with E-state index in [-0.39, 0.29) is 35.2 Å². The summed E-state index contributed by atoms with van der Waals surface area (Å²) in [5, 5.41) is 24.0. The number of fused-ring (bicyclic) bond motifs is 3. The molecule has 2 unspecified atom stereocenters. The topological polar surface area (TPSA) is 88.1 Å². The summed E-state index contributed by atoms with van der Waals surface area (Å²) >= 11 is 0. The lowest BCUT2D eigenvalue weighted by molar-refractivity contribution is -0.145. The molecule has 2 bridgehead atoms. The van der Waals surface area contributed by atoms with Gasteiger partial charge in [-0.15, -0.1) is 0 Å². The van der Waals surface area contributed by atoms with E-state index in [2.05, 4.69) is 12.0 Å². The fraction of sp³-hybridized carbons (Fsp3) is 0.808. The highest BCUT2D eigenvalue weighted by Gasteiger charge is 2.67. The van der Waals surface area contributed by atoms with Gasteiger partial charge in [0.15, 0.2) is 11.5 Å². The first-order chi connectivity index (χ1) is 15.3. The Bertz CT molecular complexity index is 979. The zero-order valence-corrected chi connectivity index (χ0v) is 19.3. The summed E-state index contributed by atoms with van der Waals surface area (Å²) in [7, 11) is 0. The average Bonchev–Trinajstić information content (AvgIpc) is 3.41. The molecule has 0 aromatic carbocycles. The number of carbonyl (C=O) groups is 1. The van der Waals surface area contributed by atoms with Crippen LogP contribution in [0.3, 0.4) is 0 Å². The third kappa shape index (κ3) is 2.83. The van der Waals surface area contributed by atoms with Gasteiger partial charge in [-0.25, -0.2) is 0 Å². The van der Waals surface area contributed by atoms with Gasteiger partial charge in [-0.2, -0.15) is 10.4 Å². The van der Waals surface area contributed by atoms with E-state index in [4.69, 9.17) is 10.00 Å². The van der Waals surface area contributed by atoms with Crippen LogP contribution in [0.15, 0.2) is 12.3 Å². The molecule has 1 aromatic heterocycles. The Balaban J connectivity index is 1.24. The minimum Gasteiger partial charge on any atom is -0.390 e. The zero-order valence-electron chi connectivity index (χ0n) is 19.3. The van der Waals surface area contributed by atoms with Gasteiger partial charge in [-0.1, -0.05) is 6.92 Å². The third-order valence-electron chi connectivity index (χ3n) is 10.7. The molecule has 6 nitrogen and oxygen atoms in total.